The lowest BCUT2D eigenvalue weighted by Gasteiger charge is -2.07. The maximum Gasteiger partial charge on any atom is 0.0991 e. The highest BCUT2D eigenvalue weighted by Crippen LogP contribution is 2.27. The predicted octanol–water partition coefficient (Wildman–Crippen LogP) is 4.08. The van der Waals surface area contributed by atoms with E-state index in [2.05, 4.69) is 34.2 Å². The fourth-order valence-corrected chi connectivity index (χ4v) is 2.68. The number of rotatable bonds is 2. The van der Waals surface area contributed by atoms with Crippen molar-refractivity contribution in [1.82, 2.24) is 4.57 Å². The van der Waals surface area contributed by atoms with Crippen molar-refractivity contribution in [2.75, 3.05) is 0 Å². The van der Waals surface area contributed by atoms with Crippen molar-refractivity contribution in [1.29, 1.82) is 5.26 Å². The summed E-state index contributed by atoms with van der Waals surface area (Å²) in [5, 5.41) is 10.9. The minimum atomic E-state index is 0.684. The quantitative estimate of drug-likeness (QED) is 0.673. The Kier molecular flexibility index (Phi) is 2.71. The van der Waals surface area contributed by atoms with E-state index in [9.17, 15) is 0 Å². The molecule has 0 unspecified atom stereocenters. The zero-order valence-electron chi connectivity index (χ0n) is 9.58. The van der Waals surface area contributed by atoms with Crippen LogP contribution >= 0.6 is 11.3 Å². The third-order valence-corrected chi connectivity index (χ3v) is 3.69. The first-order valence-corrected chi connectivity index (χ1v) is 6.48. The van der Waals surface area contributed by atoms with Gasteiger partial charge in [-0.05, 0) is 47.8 Å². The molecule has 0 aliphatic heterocycles. The summed E-state index contributed by atoms with van der Waals surface area (Å²) in [6, 6.07) is 18.1. The Hall–Kier alpha value is -2.31. The summed E-state index contributed by atoms with van der Waals surface area (Å²) in [5.74, 6) is 0. The van der Waals surface area contributed by atoms with Crippen LogP contribution in [-0.2, 0) is 0 Å². The van der Waals surface area contributed by atoms with Gasteiger partial charge in [0.15, 0.2) is 0 Å². The average Bonchev–Trinajstić information content (AvgIpc) is 3.09. The number of nitrogens with zero attached hydrogens (tertiary/aromatic N) is 2. The van der Waals surface area contributed by atoms with Crippen LogP contribution in [0.4, 0.5) is 0 Å². The second-order valence-corrected chi connectivity index (χ2v) is 4.85. The SMILES string of the molecule is N#Cc1ccc(-n2cccc2-c2cccs2)cc1. The number of thiophene rings is 1. The minimum Gasteiger partial charge on any atom is -0.316 e. The van der Waals surface area contributed by atoms with Crippen LogP contribution in [0.1, 0.15) is 5.56 Å². The lowest BCUT2D eigenvalue weighted by Crippen LogP contribution is -1.93. The van der Waals surface area contributed by atoms with Gasteiger partial charge in [-0.15, -0.1) is 11.3 Å². The molecule has 86 valence electrons. The highest BCUT2D eigenvalue weighted by molar-refractivity contribution is 7.13. The molecule has 2 nitrogen and oxygen atoms in total. The van der Waals surface area contributed by atoms with E-state index in [1.54, 1.807) is 11.3 Å². The van der Waals surface area contributed by atoms with E-state index in [1.807, 2.05) is 36.5 Å². The summed E-state index contributed by atoms with van der Waals surface area (Å²) in [4.78, 5) is 1.24. The molecule has 2 heterocycles. The van der Waals surface area contributed by atoms with Crippen LogP contribution in [0.5, 0.6) is 0 Å². The highest BCUT2D eigenvalue weighted by atomic mass is 32.1. The van der Waals surface area contributed by atoms with Crippen LogP contribution in [0.15, 0.2) is 60.1 Å². The number of nitriles is 1. The molecule has 0 spiro atoms. The Labute approximate surface area is 109 Å². The lowest BCUT2D eigenvalue weighted by molar-refractivity contribution is 1.09. The molecule has 0 aliphatic carbocycles. The Bertz CT molecular complexity index is 685. The monoisotopic (exact) mass is 250 g/mol. The van der Waals surface area contributed by atoms with E-state index in [1.165, 1.54) is 10.6 Å². The molecule has 0 saturated heterocycles. The molecule has 0 N–H and O–H groups in total. The predicted molar refractivity (Wildman–Crippen MR) is 73.8 cm³/mol. The van der Waals surface area contributed by atoms with Gasteiger partial charge in [0, 0.05) is 11.9 Å². The molecule has 0 saturated carbocycles. The molecule has 0 fully saturated rings. The molecule has 3 rings (SSSR count). The number of hydrogen-bond acceptors (Lipinski definition) is 2. The van der Waals surface area contributed by atoms with Crippen LogP contribution in [0.2, 0.25) is 0 Å². The van der Waals surface area contributed by atoms with Crippen LogP contribution in [0, 0.1) is 11.3 Å². The second kappa shape index (κ2) is 4.52. The molecule has 0 bridgehead atoms. The third kappa shape index (κ3) is 1.83. The molecule has 0 radical (unpaired) electrons. The number of benzene rings is 1. The lowest BCUT2D eigenvalue weighted by atomic mass is 10.2. The minimum absolute atomic E-state index is 0.684. The topological polar surface area (TPSA) is 28.7 Å². The molecule has 2 aromatic heterocycles. The zero-order valence-corrected chi connectivity index (χ0v) is 10.4. The van der Waals surface area contributed by atoms with Crippen molar-refractivity contribution in [2.45, 2.75) is 0 Å². The van der Waals surface area contributed by atoms with E-state index >= 15 is 0 Å². The summed E-state index contributed by atoms with van der Waals surface area (Å²) < 4.78 is 2.13. The molecule has 0 amide bonds. The van der Waals surface area contributed by atoms with Crippen LogP contribution in [0.25, 0.3) is 16.3 Å². The summed E-state index contributed by atoms with van der Waals surface area (Å²) in [6.45, 7) is 0. The fraction of sp³-hybridized carbons (Fsp3) is 0. The van der Waals surface area contributed by atoms with Gasteiger partial charge < -0.3 is 4.57 Å². The molecular weight excluding hydrogens is 240 g/mol. The Morgan fingerprint density at radius 1 is 1.00 bits per heavy atom. The van der Waals surface area contributed by atoms with Gasteiger partial charge in [0.1, 0.15) is 0 Å². The van der Waals surface area contributed by atoms with Gasteiger partial charge in [0.25, 0.3) is 0 Å². The smallest absolute Gasteiger partial charge is 0.0991 e. The fourth-order valence-electron chi connectivity index (χ4n) is 1.93. The largest absolute Gasteiger partial charge is 0.316 e. The standard InChI is InChI=1S/C15H10N2S/c16-11-12-5-7-13(8-6-12)17-9-1-3-14(17)15-4-2-10-18-15/h1-10H. The second-order valence-electron chi connectivity index (χ2n) is 3.90. The van der Waals surface area contributed by atoms with Gasteiger partial charge in [-0.3, -0.25) is 0 Å². The molecule has 0 aliphatic rings. The van der Waals surface area contributed by atoms with E-state index < -0.39 is 0 Å². The Morgan fingerprint density at radius 2 is 1.83 bits per heavy atom. The molecular formula is C15H10N2S. The van der Waals surface area contributed by atoms with Gasteiger partial charge in [-0.1, -0.05) is 6.07 Å². The Morgan fingerprint density at radius 3 is 2.50 bits per heavy atom. The number of hydrogen-bond donors (Lipinski definition) is 0. The Balaban J connectivity index is 2.07. The van der Waals surface area contributed by atoms with Gasteiger partial charge in [-0.2, -0.15) is 5.26 Å². The maximum atomic E-state index is 8.81. The summed E-state index contributed by atoms with van der Waals surface area (Å²) in [6.07, 6.45) is 2.04. The van der Waals surface area contributed by atoms with Crippen molar-refractivity contribution < 1.29 is 0 Å². The molecule has 3 heteroatoms. The van der Waals surface area contributed by atoms with E-state index in [-0.39, 0.29) is 0 Å². The van der Waals surface area contributed by atoms with Crippen molar-refractivity contribution in [2.24, 2.45) is 0 Å². The van der Waals surface area contributed by atoms with E-state index in [0.29, 0.717) is 5.56 Å². The maximum absolute atomic E-state index is 8.81. The first-order valence-electron chi connectivity index (χ1n) is 5.60. The summed E-state index contributed by atoms with van der Waals surface area (Å²) in [7, 11) is 0. The van der Waals surface area contributed by atoms with Crippen LogP contribution in [0.3, 0.4) is 0 Å². The van der Waals surface area contributed by atoms with Crippen molar-refractivity contribution >= 4 is 11.3 Å². The molecule has 1 aromatic carbocycles. The van der Waals surface area contributed by atoms with Crippen LogP contribution < -0.4 is 0 Å². The highest BCUT2D eigenvalue weighted by Gasteiger charge is 2.06. The van der Waals surface area contributed by atoms with Crippen molar-refractivity contribution in [3.63, 3.8) is 0 Å². The van der Waals surface area contributed by atoms with Gasteiger partial charge in [0.05, 0.1) is 22.2 Å². The van der Waals surface area contributed by atoms with Gasteiger partial charge in [-0.25, -0.2) is 0 Å². The van der Waals surface area contributed by atoms with Gasteiger partial charge >= 0.3 is 0 Å². The molecule has 18 heavy (non-hydrogen) atoms. The van der Waals surface area contributed by atoms with E-state index in [0.717, 1.165) is 5.69 Å². The third-order valence-electron chi connectivity index (χ3n) is 2.80. The summed E-state index contributed by atoms with van der Waals surface area (Å²) in [5.41, 5.74) is 2.93. The normalized spacial score (nSPS) is 10.2. The molecule has 3 aromatic rings. The number of aromatic nitrogens is 1. The van der Waals surface area contributed by atoms with Gasteiger partial charge in [0.2, 0.25) is 0 Å². The van der Waals surface area contributed by atoms with Crippen LogP contribution in [-0.4, -0.2) is 4.57 Å². The van der Waals surface area contributed by atoms with Crippen molar-refractivity contribution in [3.8, 4) is 22.3 Å². The van der Waals surface area contributed by atoms with E-state index in [4.69, 9.17) is 5.26 Å². The summed E-state index contributed by atoms with van der Waals surface area (Å²) >= 11 is 1.72. The first kappa shape index (κ1) is 10.8. The first-order chi connectivity index (χ1) is 8.88. The zero-order chi connectivity index (χ0) is 12.4. The average molecular weight is 250 g/mol. The van der Waals surface area contributed by atoms with Crippen molar-refractivity contribution in [3.05, 3.63) is 65.7 Å². The molecule has 0 atom stereocenters.